The van der Waals surface area contributed by atoms with Gasteiger partial charge in [-0.15, -0.1) is 0 Å². The predicted octanol–water partition coefficient (Wildman–Crippen LogP) is 4.39. The Kier molecular flexibility index (Phi) is 4.18. The van der Waals surface area contributed by atoms with Gasteiger partial charge < -0.3 is 11.1 Å². The van der Waals surface area contributed by atoms with E-state index in [0.29, 0.717) is 11.3 Å². The summed E-state index contributed by atoms with van der Waals surface area (Å²) in [4.78, 5) is 0.130. The molecular weight excluding hydrogens is 297 g/mol. The molecule has 0 radical (unpaired) electrons. The van der Waals surface area contributed by atoms with E-state index in [9.17, 15) is 13.2 Å². The molecule has 0 unspecified atom stereocenters. The van der Waals surface area contributed by atoms with E-state index < -0.39 is 11.7 Å². The molecule has 110 valence electrons. The fraction of sp³-hybridized carbons (Fsp3) is 0.133. The van der Waals surface area contributed by atoms with Crippen LogP contribution in [0.4, 0.5) is 24.5 Å². The van der Waals surface area contributed by atoms with Gasteiger partial charge in [-0.1, -0.05) is 36.0 Å². The second kappa shape index (κ2) is 5.73. The van der Waals surface area contributed by atoms with Gasteiger partial charge in [-0.3, -0.25) is 0 Å². The number of hydrogen-bond acceptors (Lipinski definition) is 2. The summed E-state index contributed by atoms with van der Waals surface area (Å²) in [6.07, 6.45) is -4.43. The van der Waals surface area contributed by atoms with Crippen LogP contribution in [0.1, 0.15) is 16.7 Å². The van der Waals surface area contributed by atoms with E-state index in [0.717, 1.165) is 11.6 Å². The van der Waals surface area contributed by atoms with Gasteiger partial charge in [-0.2, -0.15) is 13.2 Å². The zero-order chi connectivity index (χ0) is 15.6. The SMILES string of the molecule is Cc1ccc(Nc2ccccc2C(F)(F)F)c(C(N)=S)c1. The minimum Gasteiger partial charge on any atom is -0.389 e. The van der Waals surface area contributed by atoms with Crippen LogP contribution in [0, 0.1) is 6.92 Å². The Morgan fingerprint density at radius 3 is 2.38 bits per heavy atom. The summed E-state index contributed by atoms with van der Waals surface area (Å²) in [5, 5.41) is 2.77. The zero-order valence-electron chi connectivity index (χ0n) is 11.2. The van der Waals surface area contributed by atoms with E-state index in [2.05, 4.69) is 5.32 Å². The smallest absolute Gasteiger partial charge is 0.389 e. The summed E-state index contributed by atoms with van der Waals surface area (Å²) in [7, 11) is 0. The Hall–Kier alpha value is -2.08. The Morgan fingerprint density at radius 1 is 1.10 bits per heavy atom. The molecule has 0 aliphatic heterocycles. The summed E-state index contributed by atoms with van der Waals surface area (Å²) < 4.78 is 39.0. The minimum atomic E-state index is -4.43. The van der Waals surface area contributed by atoms with Crippen LogP contribution in [0.3, 0.4) is 0 Å². The van der Waals surface area contributed by atoms with Crippen LogP contribution >= 0.6 is 12.2 Å². The lowest BCUT2D eigenvalue weighted by atomic mass is 10.1. The number of halogens is 3. The maximum atomic E-state index is 13.0. The van der Waals surface area contributed by atoms with E-state index >= 15 is 0 Å². The van der Waals surface area contributed by atoms with Crippen molar-refractivity contribution in [1.29, 1.82) is 0 Å². The molecule has 0 heterocycles. The molecule has 0 atom stereocenters. The van der Waals surface area contributed by atoms with Gasteiger partial charge in [0.2, 0.25) is 0 Å². The van der Waals surface area contributed by atoms with Gasteiger partial charge in [0.25, 0.3) is 0 Å². The monoisotopic (exact) mass is 310 g/mol. The molecule has 0 saturated heterocycles. The molecule has 2 nitrogen and oxygen atoms in total. The second-order valence-corrected chi connectivity index (χ2v) is 5.02. The highest BCUT2D eigenvalue weighted by Crippen LogP contribution is 2.36. The number of nitrogens with two attached hydrogens (primary N) is 1. The third-order valence-electron chi connectivity index (χ3n) is 2.94. The predicted molar refractivity (Wildman–Crippen MR) is 81.8 cm³/mol. The molecule has 2 aromatic rings. The number of para-hydroxylation sites is 1. The first-order valence-electron chi connectivity index (χ1n) is 6.13. The van der Waals surface area contributed by atoms with Crippen molar-refractivity contribution in [2.24, 2.45) is 5.73 Å². The fourth-order valence-electron chi connectivity index (χ4n) is 1.96. The summed E-state index contributed by atoms with van der Waals surface area (Å²) >= 11 is 4.95. The Labute approximate surface area is 125 Å². The molecule has 21 heavy (non-hydrogen) atoms. The average molecular weight is 310 g/mol. The van der Waals surface area contributed by atoms with E-state index in [4.69, 9.17) is 18.0 Å². The Balaban J connectivity index is 2.47. The van der Waals surface area contributed by atoms with Gasteiger partial charge in [0.05, 0.1) is 11.3 Å². The first-order valence-corrected chi connectivity index (χ1v) is 6.53. The maximum Gasteiger partial charge on any atom is 0.418 e. The molecule has 2 aromatic carbocycles. The molecule has 2 rings (SSSR count). The molecule has 0 aromatic heterocycles. The second-order valence-electron chi connectivity index (χ2n) is 4.58. The molecule has 6 heteroatoms. The fourth-order valence-corrected chi connectivity index (χ4v) is 2.12. The third-order valence-corrected chi connectivity index (χ3v) is 3.16. The van der Waals surface area contributed by atoms with Crippen molar-refractivity contribution >= 4 is 28.6 Å². The highest BCUT2D eigenvalue weighted by atomic mass is 32.1. The number of aryl methyl sites for hydroxylation is 1. The largest absolute Gasteiger partial charge is 0.418 e. The van der Waals surface area contributed by atoms with Gasteiger partial charge in [-0.25, -0.2) is 0 Å². The number of nitrogens with one attached hydrogen (secondary N) is 1. The molecule has 3 N–H and O–H groups in total. The summed E-state index contributed by atoms with van der Waals surface area (Å²) in [6, 6.07) is 10.4. The van der Waals surface area contributed by atoms with Crippen molar-refractivity contribution in [3.05, 3.63) is 59.2 Å². The summed E-state index contributed by atoms with van der Waals surface area (Å²) in [5.74, 6) is 0. The summed E-state index contributed by atoms with van der Waals surface area (Å²) in [5.41, 5.74) is 6.75. The minimum absolute atomic E-state index is 0.0358. The van der Waals surface area contributed by atoms with Crippen molar-refractivity contribution < 1.29 is 13.2 Å². The average Bonchev–Trinajstić information content (AvgIpc) is 2.40. The van der Waals surface area contributed by atoms with Crippen molar-refractivity contribution in [2.45, 2.75) is 13.1 Å². The van der Waals surface area contributed by atoms with Crippen molar-refractivity contribution in [3.8, 4) is 0 Å². The van der Waals surface area contributed by atoms with E-state index in [-0.39, 0.29) is 10.7 Å². The number of hydrogen-bond donors (Lipinski definition) is 2. The lowest BCUT2D eigenvalue weighted by molar-refractivity contribution is -0.136. The number of thiocarbonyl (C=S) groups is 1. The van der Waals surface area contributed by atoms with Crippen molar-refractivity contribution in [3.63, 3.8) is 0 Å². The maximum absolute atomic E-state index is 13.0. The molecule has 0 bridgehead atoms. The molecule has 0 spiro atoms. The first-order chi connectivity index (χ1) is 9.79. The van der Waals surface area contributed by atoms with E-state index in [1.807, 2.05) is 6.92 Å². The molecule has 0 aliphatic rings. The van der Waals surface area contributed by atoms with Crippen molar-refractivity contribution in [2.75, 3.05) is 5.32 Å². The Bertz CT molecular complexity index is 681. The third kappa shape index (κ3) is 3.52. The number of anilines is 2. The number of alkyl halides is 3. The molecular formula is C15H13F3N2S. The van der Waals surface area contributed by atoms with Gasteiger partial charge in [0.1, 0.15) is 4.99 Å². The Morgan fingerprint density at radius 2 is 1.76 bits per heavy atom. The zero-order valence-corrected chi connectivity index (χ0v) is 12.0. The standard InChI is InChI=1S/C15H13F3N2S/c1-9-6-7-12(10(8-9)14(19)21)20-13-5-3-2-4-11(13)15(16,17)18/h2-8,20H,1H3,(H2,19,21). The van der Waals surface area contributed by atoms with E-state index in [1.54, 1.807) is 18.2 Å². The summed E-state index contributed by atoms with van der Waals surface area (Å²) in [6.45, 7) is 1.86. The van der Waals surface area contributed by atoms with Gasteiger partial charge >= 0.3 is 6.18 Å². The normalized spacial score (nSPS) is 11.2. The van der Waals surface area contributed by atoms with Gasteiger partial charge in [0.15, 0.2) is 0 Å². The van der Waals surface area contributed by atoms with Crippen LogP contribution in [-0.4, -0.2) is 4.99 Å². The molecule has 0 aliphatic carbocycles. The van der Waals surface area contributed by atoms with Crippen molar-refractivity contribution in [1.82, 2.24) is 0 Å². The van der Waals surface area contributed by atoms with Gasteiger partial charge in [0, 0.05) is 11.3 Å². The van der Waals surface area contributed by atoms with E-state index in [1.165, 1.54) is 18.2 Å². The van der Waals surface area contributed by atoms with Crippen LogP contribution in [0.25, 0.3) is 0 Å². The quantitative estimate of drug-likeness (QED) is 0.826. The highest BCUT2D eigenvalue weighted by molar-refractivity contribution is 7.80. The topological polar surface area (TPSA) is 38.0 Å². The molecule has 0 fully saturated rings. The first kappa shape index (κ1) is 15.3. The van der Waals surface area contributed by atoms with Crippen LogP contribution in [0.2, 0.25) is 0 Å². The van der Waals surface area contributed by atoms with Crippen LogP contribution in [0.5, 0.6) is 0 Å². The highest BCUT2D eigenvalue weighted by Gasteiger charge is 2.33. The molecule has 0 amide bonds. The lowest BCUT2D eigenvalue weighted by Crippen LogP contribution is -2.14. The number of rotatable bonds is 3. The van der Waals surface area contributed by atoms with Crippen LogP contribution in [0.15, 0.2) is 42.5 Å². The molecule has 0 saturated carbocycles. The lowest BCUT2D eigenvalue weighted by Gasteiger charge is -2.16. The van der Waals surface area contributed by atoms with Crippen LogP contribution in [-0.2, 0) is 6.18 Å². The van der Waals surface area contributed by atoms with Gasteiger partial charge in [-0.05, 0) is 31.2 Å². The van der Waals surface area contributed by atoms with Crippen LogP contribution < -0.4 is 11.1 Å². The number of benzene rings is 2.